The highest BCUT2D eigenvalue weighted by atomic mass is 16.5. The van der Waals surface area contributed by atoms with Crippen LogP contribution in [0.5, 0.6) is 0 Å². The van der Waals surface area contributed by atoms with E-state index in [4.69, 9.17) is 15.2 Å². The van der Waals surface area contributed by atoms with Gasteiger partial charge in [0, 0.05) is 31.7 Å². The van der Waals surface area contributed by atoms with E-state index in [0.29, 0.717) is 6.61 Å². The van der Waals surface area contributed by atoms with E-state index in [1.54, 1.807) is 7.11 Å². The number of rotatable bonds is 5. The van der Waals surface area contributed by atoms with Crippen LogP contribution in [0, 0.1) is 5.41 Å². The van der Waals surface area contributed by atoms with Crippen LogP contribution in [0.4, 0.5) is 0 Å². The molecular formula is C10H22N2O2. The summed E-state index contributed by atoms with van der Waals surface area (Å²) in [5, 5.41) is 0. The summed E-state index contributed by atoms with van der Waals surface area (Å²) < 4.78 is 10.4. The maximum Gasteiger partial charge on any atom is 0.0624 e. The number of hydrogen-bond donors (Lipinski definition) is 1. The average Bonchev–Trinajstić information content (AvgIpc) is 2.43. The van der Waals surface area contributed by atoms with Crippen LogP contribution in [0.1, 0.15) is 6.92 Å². The number of methoxy groups -OCH3 is 1. The van der Waals surface area contributed by atoms with Crippen LogP contribution in [0.25, 0.3) is 0 Å². The summed E-state index contributed by atoms with van der Waals surface area (Å²) in [6.07, 6.45) is 0. The first-order valence-electron chi connectivity index (χ1n) is 5.09. The predicted molar refractivity (Wildman–Crippen MR) is 56.3 cm³/mol. The molecule has 2 unspecified atom stereocenters. The van der Waals surface area contributed by atoms with E-state index in [9.17, 15) is 0 Å². The molecule has 0 aromatic carbocycles. The largest absolute Gasteiger partial charge is 0.383 e. The van der Waals surface area contributed by atoms with Gasteiger partial charge in [-0.05, 0) is 7.05 Å². The van der Waals surface area contributed by atoms with Gasteiger partial charge in [-0.25, -0.2) is 0 Å². The lowest BCUT2D eigenvalue weighted by Gasteiger charge is -2.31. The summed E-state index contributed by atoms with van der Waals surface area (Å²) >= 11 is 0. The fourth-order valence-electron chi connectivity index (χ4n) is 1.83. The SMILES string of the molecule is COCCN(C)CC1(C)COCC1N. The molecule has 0 spiro atoms. The number of nitrogens with two attached hydrogens (primary N) is 1. The summed E-state index contributed by atoms with van der Waals surface area (Å²) in [5.41, 5.74) is 6.11. The molecule has 0 aromatic heterocycles. The van der Waals surface area contributed by atoms with Crippen LogP contribution in [-0.4, -0.2) is 58.0 Å². The first-order chi connectivity index (χ1) is 6.58. The molecule has 1 rings (SSSR count). The lowest BCUT2D eigenvalue weighted by Crippen LogP contribution is -2.46. The van der Waals surface area contributed by atoms with Gasteiger partial charge in [-0.15, -0.1) is 0 Å². The molecule has 1 fully saturated rings. The Bertz CT molecular complexity index is 178. The van der Waals surface area contributed by atoms with E-state index in [1.165, 1.54) is 0 Å². The Morgan fingerprint density at radius 2 is 2.36 bits per heavy atom. The van der Waals surface area contributed by atoms with Crippen molar-refractivity contribution >= 4 is 0 Å². The monoisotopic (exact) mass is 202 g/mol. The maximum absolute atomic E-state index is 6.01. The van der Waals surface area contributed by atoms with Crippen molar-refractivity contribution in [2.45, 2.75) is 13.0 Å². The second kappa shape index (κ2) is 5.07. The molecule has 0 amide bonds. The molecule has 1 aliphatic heterocycles. The molecule has 4 heteroatoms. The zero-order valence-electron chi connectivity index (χ0n) is 9.45. The highest BCUT2D eigenvalue weighted by molar-refractivity contribution is 4.91. The highest BCUT2D eigenvalue weighted by Crippen LogP contribution is 2.27. The number of hydrogen-bond acceptors (Lipinski definition) is 4. The third-order valence-electron chi connectivity index (χ3n) is 2.93. The summed E-state index contributed by atoms with van der Waals surface area (Å²) in [6.45, 7) is 6.33. The Morgan fingerprint density at radius 3 is 2.86 bits per heavy atom. The Labute approximate surface area is 86.3 Å². The molecule has 2 N–H and O–H groups in total. The van der Waals surface area contributed by atoms with E-state index < -0.39 is 0 Å². The fraction of sp³-hybridized carbons (Fsp3) is 1.00. The van der Waals surface area contributed by atoms with Gasteiger partial charge in [-0.1, -0.05) is 6.92 Å². The van der Waals surface area contributed by atoms with E-state index in [0.717, 1.165) is 26.3 Å². The quantitative estimate of drug-likeness (QED) is 0.678. The van der Waals surface area contributed by atoms with Crippen molar-refractivity contribution in [2.75, 3.05) is 47.1 Å². The molecule has 4 nitrogen and oxygen atoms in total. The van der Waals surface area contributed by atoms with Crippen molar-refractivity contribution in [1.82, 2.24) is 4.90 Å². The molecular weight excluding hydrogens is 180 g/mol. The summed E-state index contributed by atoms with van der Waals surface area (Å²) in [5.74, 6) is 0. The van der Waals surface area contributed by atoms with Gasteiger partial charge in [-0.3, -0.25) is 0 Å². The Balaban J connectivity index is 2.34. The molecule has 2 atom stereocenters. The molecule has 0 aliphatic carbocycles. The van der Waals surface area contributed by atoms with Crippen molar-refractivity contribution < 1.29 is 9.47 Å². The highest BCUT2D eigenvalue weighted by Gasteiger charge is 2.38. The lowest BCUT2D eigenvalue weighted by molar-refractivity contribution is 0.108. The minimum atomic E-state index is 0.0997. The minimum Gasteiger partial charge on any atom is -0.383 e. The Kier molecular flexibility index (Phi) is 4.31. The molecule has 1 saturated heterocycles. The molecule has 1 aliphatic rings. The van der Waals surface area contributed by atoms with E-state index in [1.807, 2.05) is 0 Å². The van der Waals surface area contributed by atoms with Gasteiger partial charge in [0.1, 0.15) is 0 Å². The van der Waals surface area contributed by atoms with Crippen LogP contribution in [0.2, 0.25) is 0 Å². The maximum atomic E-state index is 6.01. The fourth-order valence-corrected chi connectivity index (χ4v) is 1.83. The van der Waals surface area contributed by atoms with Crippen molar-refractivity contribution in [1.29, 1.82) is 0 Å². The molecule has 1 heterocycles. The molecule has 84 valence electrons. The van der Waals surface area contributed by atoms with Crippen molar-refractivity contribution in [3.05, 3.63) is 0 Å². The van der Waals surface area contributed by atoms with Gasteiger partial charge >= 0.3 is 0 Å². The Hall–Kier alpha value is -0.160. The van der Waals surface area contributed by atoms with Crippen LogP contribution >= 0.6 is 0 Å². The van der Waals surface area contributed by atoms with Crippen LogP contribution in [0.3, 0.4) is 0 Å². The van der Waals surface area contributed by atoms with Gasteiger partial charge in [0.25, 0.3) is 0 Å². The third-order valence-corrected chi connectivity index (χ3v) is 2.93. The zero-order chi connectivity index (χ0) is 10.6. The second-order valence-corrected chi connectivity index (χ2v) is 4.51. The van der Waals surface area contributed by atoms with Crippen LogP contribution in [0.15, 0.2) is 0 Å². The molecule has 0 radical (unpaired) electrons. The van der Waals surface area contributed by atoms with Crippen LogP contribution in [-0.2, 0) is 9.47 Å². The van der Waals surface area contributed by atoms with E-state index >= 15 is 0 Å². The first-order valence-corrected chi connectivity index (χ1v) is 5.09. The predicted octanol–water partition coefficient (Wildman–Crippen LogP) is -0.0716. The summed E-state index contributed by atoms with van der Waals surface area (Å²) in [6, 6.07) is 0.160. The standard InChI is InChI=1S/C10H22N2O2/c1-10(8-14-6-9(10)11)7-12(2)4-5-13-3/h9H,4-8,11H2,1-3H3. The molecule has 0 bridgehead atoms. The molecule has 0 aromatic rings. The van der Waals surface area contributed by atoms with E-state index in [-0.39, 0.29) is 11.5 Å². The smallest absolute Gasteiger partial charge is 0.0624 e. The summed E-state index contributed by atoms with van der Waals surface area (Å²) in [7, 11) is 3.81. The third kappa shape index (κ3) is 2.92. The molecule has 14 heavy (non-hydrogen) atoms. The van der Waals surface area contributed by atoms with Crippen molar-refractivity contribution in [2.24, 2.45) is 11.1 Å². The second-order valence-electron chi connectivity index (χ2n) is 4.51. The first kappa shape index (κ1) is 11.9. The van der Waals surface area contributed by atoms with Gasteiger partial charge in [0.05, 0.1) is 19.8 Å². The molecule has 0 saturated carbocycles. The van der Waals surface area contributed by atoms with Gasteiger partial charge in [-0.2, -0.15) is 0 Å². The van der Waals surface area contributed by atoms with Crippen LogP contribution < -0.4 is 5.73 Å². The van der Waals surface area contributed by atoms with Crippen molar-refractivity contribution in [3.63, 3.8) is 0 Å². The lowest BCUT2D eigenvalue weighted by atomic mass is 9.85. The van der Waals surface area contributed by atoms with E-state index in [2.05, 4.69) is 18.9 Å². The number of ether oxygens (including phenoxy) is 2. The van der Waals surface area contributed by atoms with Gasteiger partial charge in [0.2, 0.25) is 0 Å². The topological polar surface area (TPSA) is 47.7 Å². The average molecular weight is 202 g/mol. The van der Waals surface area contributed by atoms with Gasteiger partial charge in [0.15, 0.2) is 0 Å². The zero-order valence-corrected chi connectivity index (χ0v) is 9.45. The van der Waals surface area contributed by atoms with Crippen molar-refractivity contribution in [3.8, 4) is 0 Å². The normalized spacial score (nSPS) is 32.8. The minimum absolute atomic E-state index is 0.0997. The summed E-state index contributed by atoms with van der Waals surface area (Å²) in [4.78, 5) is 2.25. The van der Waals surface area contributed by atoms with Gasteiger partial charge < -0.3 is 20.1 Å². The number of likely N-dealkylation sites (N-methyl/N-ethyl adjacent to an activating group) is 1. The Morgan fingerprint density at radius 1 is 1.64 bits per heavy atom. The number of nitrogens with zero attached hydrogens (tertiary/aromatic N) is 1.